The van der Waals surface area contributed by atoms with Crippen molar-refractivity contribution < 1.29 is 29.0 Å². The fourth-order valence-electron chi connectivity index (χ4n) is 4.43. The minimum Gasteiger partial charge on any atom is -0.481 e. The van der Waals surface area contributed by atoms with E-state index in [1.165, 1.54) is 0 Å². The maximum atomic E-state index is 12.9. The molecule has 0 saturated carbocycles. The Hall–Kier alpha value is -3.39. The topological polar surface area (TPSA) is 114 Å². The molecule has 0 radical (unpaired) electrons. The third-order valence-electron chi connectivity index (χ3n) is 5.78. The number of fused-ring (bicyclic) bond motifs is 3. The van der Waals surface area contributed by atoms with E-state index in [9.17, 15) is 14.4 Å². The zero-order valence-corrected chi connectivity index (χ0v) is 20.8. The molecule has 35 heavy (non-hydrogen) atoms. The molecular formula is C27H34N2O6. The van der Waals surface area contributed by atoms with Crippen LogP contribution in [0.15, 0.2) is 48.5 Å². The minimum absolute atomic E-state index is 0.109. The van der Waals surface area contributed by atoms with Crippen LogP contribution >= 0.6 is 0 Å². The quantitative estimate of drug-likeness (QED) is 0.496. The van der Waals surface area contributed by atoms with E-state index < -0.39 is 41.8 Å². The van der Waals surface area contributed by atoms with Gasteiger partial charge in [-0.1, -0.05) is 48.5 Å². The number of carbonyl (C=O) groups is 3. The van der Waals surface area contributed by atoms with Crippen molar-refractivity contribution in [2.45, 2.75) is 70.7 Å². The van der Waals surface area contributed by atoms with Crippen LogP contribution in [0.3, 0.4) is 0 Å². The standard InChI is InChI=1S/C27H34N2O6/c1-16(14-23(30)31)28-25(32)24(17(2)35-27(3,4)5)29-26(33)34-15-22-20-12-8-6-10-18(20)19-11-7-9-13-21(19)22/h6-13,16-17,22,24H,14-15H2,1-5H3,(H,28,32)(H,29,33)(H,30,31)/t16-,17+,24-/m0/s1. The Bertz CT molecular complexity index is 1030. The molecule has 0 fully saturated rings. The first kappa shape index (κ1) is 26.2. The summed E-state index contributed by atoms with van der Waals surface area (Å²) in [5.41, 5.74) is 3.85. The molecule has 2 aromatic carbocycles. The molecule has 8 nitrogen and oxygen atoms in total. The van der Waals surface area contributed by atoms with E-state index in [2.05, 4.69) is 22.8 Å². The normalized spacial score (nSPS) is 15.3. The van der Waals surface area contributed by atoms with Gasteiger partial charge in [-0.25, -0.2) is 4.79 Å². The number of carboxylic acid groups (broad SMARTS) is 1. The lowest BCUT2D eigenvalue weighted by molar-refractivity contribution is -0.138. The second kappa shape index (κ2) is 10.9. The van der Waals surface area contributed by atoms with Gasteiger partial charge in [0.1, 0.15) is 12.6 Å². The summed E-state index contributed by atoms with van der Waals surface area (Å²) in [5.74, 6) is -1.68. The summed E-state index contributed by atoms with van der Waals surface area (Å²) >= 11 is 0. The number of ether oxygens (including phenoxy) is 2. The second-order valence-electron chi connectivity index (χ2n) is 9.89. The van der Waals surface area contributed by atoms with Crippen LogP contribution in [0.2, 0.25) is 0 Å². The monoisotopic (exact) mass is 482 g/mol. The summed E-state index contributed by atoms with van der Waals surface area (Å²) in [6.07, 6.45) is -1.67. The maximum Gasteiger partial charge on any atom is 0.407 e. The summed E-state index contributed by atoms with van der Waals surface area (Å²) in [5, 5.41) is 14.3. The van der Waals surface area contributed by atoms with Gasteiger partial charge < -0.3 is 25.2 Å². The van der Waals surface area contributed by atoms with E-state index in [1.807, 2.05) is 57.2 Å². The van der Waals surface area contributed by atoms with E-state index in [1.54, 1.807) is 13.8 Å². The Morgan fingerprint density at radius 1 is 0.943 bits per heavy atom. The molecule has 0 aromatic heterocycles. The third kappa shape index (κ3) is 6.82. The lowest BCUT2D eigenvalue weighted by Crippen LogP contribution is -2.56. The molecule has 3 rings (SSSR count). The summed E-state index contributed by atoms with van der Waals surface area (Å²) in [6, 6.07) is 14.4. The van der Waals surface area contributed by atoms with Crippen molar-refractivity contribution in [2.75, 3.05) is 6.61 Å². The zero-order valence-electron chi connectivity index (χ0n) is 20.8. The Balaban J connectivity index is 1.70. The highest BCUT2D eigenvalue weighted by Crippen LogP contribution is 2.44. The Morgan fingerprint density at radius 2 is 1.49 bits per heavy atom. The van der Waals surface area contributed by atoms with E-state index in [0.29, 0.717) is 0 Å². The number of amides is 2. The van der Waals surface area contributed by atoms with E-state index in [4.69, 9.17) is 14.6 Å². The van der Waals surface area contributed by atoms with Gasteiger partial charge >= 0.3 is 12.1 Å². The highest BCUT2D eigenvalue weighted by Gasteiger charge is 2.33. The van der Waals surface area contributed by atoms with Crippen molar-refractivity contribution in [1.29, 1.82) is 0 Å². The summed E-state index contributed by atoms with van der Waals surface area (Å²) in [4.78, 5) is 36.7. The molecule has 3 atom stereocenters. The van der Waals surface area contributed by atoms with Crippen LogP contribution in [0.4, 0.5) is 4.79 Å². The molecule has 0 bridgehead atoms. The molecule has 188 valence electrons. The maximum absolute atomic E-state index is 12.9. The molecule has 0 aliphatic heterocycles. The minimum atomic E-state index is -1.07. The highest BCUT2D eigenvalue weighted by atomic mass is 16.6. The molecule has 0 spiro atoms. The van der Waals surface area contributed by atoms with Crippen LogP contribution in [-0.2, 0) is 19.1 Å². The molecule has 1 aliphatic rings. The Labute approximate surface area is 206 Å². The van der Waals surface area contributed by atoms with Crippen molar-refractivity contribution in [2.24, 2.45) is 0 Å². The van der Waals surface area contributed by atoms with Crippen LogP contribution < -0.4 is 10.6 Å². The predicted molar refractivity (Wildman–Crippen MR) is 132 cm³/mol. The van der Waals surface area contributed by atoms with Crippen LogP contribution in [0, 0.1) is 0 Å². The molecule has 0 heterocycles. The van der Waals surface area contributed by atoms with Gasteiger partial charge in [0.15, 0.2) is 0 Å². The van der Waals surface area contributed by atoms with Gasteiger partial charge in [0.25, 0.3) is 0 Å². The SMILES string of the molecule is C[C@@H](CC(=O)O)NC(=O)[C@@H](NC(=O)OCC1c2ccccc2-c2ccccc21)[C@@H](C)OC(C)(C)C. The van der Waals surface area contributed by atoms with Crippen LogP contribution in [-0.4, -0.2) is 53.5 Å². The molecule has 2 amide bonds. The second-order valence-corrected chi connectivity index (χ2v) is 9.89. The molecule has 0 unspecified atom stereocenters. The average Bonchev–Trinajstić information content (AvgIpc) is 3.08. The van der Waals surface area contributed by atoms with Gasteiger partial charge in [0, 0.05) is 12.0 Å². The van der Waals surface area contributed by atoms with Gasteiger partial charge in [-0.15, -0.1) is 0 Å². The number of nitrogens with one attached hydrogen (secondary N) is 2. The Kier molecular flexibility index (Phi) is 8.17. The van der Waals surface area contributed by atoms with Crippen LogP contribution in [0.25, 0.3) is 11.1 Å². The summed E-state index contributed by atoms with van der Waals surface area (Å²) in [6.45, 7) is 8.92. The highest BCUT2D eigenvalue weighted by molar-refractivity contribution is 5.87. The number of benzene rings is 2. The first-order valence-corrected chi connectivity index (χ1v) is 11.8. The van der Waals surface area contributed by atoms with E-state index in [0.717, 1.165) is 22.3 Å². The largest absolute Gasteiger partial charge is 0.481 e. The summed E-state index contributed by atoms with van der Waals surface area (Å²) in [7, 11) is 0. The molecule has 8 heteroatoms. The first-order chi connectivity index (χ1) is 16.5. The van der Waals surface area contributed by atoms with E-state index in [-0.39, 0.29) is 18.9 Å². The van der Waals surface area contributed by atoms with Gasteiger partial charge in [-0.3, -0.25) is 9.59 Å². The average molecular weight is 483 g/mol. The van der Waals surface area contributed by atoms with Crippen LogP contribution in [0.1, 0.15) is 58.1 Å². The van der Waals surface area contributed by atoms with E-state index >= 15 is 0 Å². The predicted octanol–water partition coefficient (Wildman–Crippen LogP) is 4.08. The lowest BCUT2D eigenvalue weighted by Gasteiger charge is -2.31. The number of carboxylic acids is 1. The number of rotatable bonds is 9. The number of aliphatic carboxylic acids is 1. The van der Waals surface area contributed by atoms with Gasteiger partial charge in [-0.05, 0) is 56.9 Å². The molecular weight excluding hydrogens is 448 g/mol. The van der Waals surface area contributed by atoms with Crippen molar-refractivity contribution in [3.05, 3.63) is 59.7 Å². The molecule has 2 aromatic rings. The zero-order chi connectivity index (χ0) is 25.8. The number of hydrogen-bond donors (Lipinski definition) is 3. The number of carbonyl (C=O) groups excluding carboxylic acids is 2. The van der Waals surface area contributed by atoms with Gasteiger partial charge in [0.05, 0.1) is 18.1 Å². The first-order valence-electron chi connectivity index (χ1n) is 11.8. The van der Waals surface area contributed by atoms with Crippen molar-refractivity contribution in [1.82, 2.24) is 10.6 Å². The van der Waals surface area contributed by atoms with Crippen molar-refractivity contribution in [3.8, 4) is 11.1 Å². The van der Waals surface area contributed by atoms with Crippen LogP contribution in [0.5, 0.6) is 0 Å². The molecule has 1 aliphatic carbocycles. The number of alkyl carbamates (subject to hydrolysis) is 1. The molecule has 3 N–H and O–H groups in total. The third-order valence-corrected chi connectivity index (χ3v) is 5.78. The lowest BCUT2D eigenvalue weighted by atomic mass is 9.98. The van der Waals surface area contributed by atoms with Crippen molar-refractivity contribution >= 4 is 18.0 Å². The summed E-state index contributed by atoms with van der Waals surface area (Å²) < 4.78 is 11.5. The fourth-order valence-corrected chi connectivity index (χ4v) is 4.43. The van der Waals surface area contributed by atoms with Crippen molar-refractivity contribution in [3.63, 3.8) is 0 Å². The number of hydrogen-bond acceptors (Lipinski definition) is 5. The Morgan fingerprint density at radius 3 is 2.00 bits per heavy atom. The van der Waals surface area contributed by atoms with Gasteiger partial charge in [-0.2, -0.15) is 0 Å². The molecule has 0 saturated heterocycles. The van der Waals surface area contributed by atoms with Gasteiger partial charge in [0.2, 0.25) is 5.91 Å². The smallest absolute Gasteiger partial charge is 0.407 e. The fraction of sp³-hybridized carbons (Fsp3) is 0.444.